The molecule has 4 heteroatoms. The molecule has 0 spiro atoms. The molecule has 0 aliphatic carbocycles. The van der Waals surface area contributed by atoms with Crippen LogP contribution in [0.25, 0.3) is 0 Å². The second-order valence-corrected chi connectivity index (χ2v) is 4.70. The lowest BCUT2D eigenvalue weighted by Gasteiger charge is -2.07. The lowest BCUT2D eigenvalue weighted by Crippen LogP contribution is -2.06. The molecule has 0 aromatic heterocycles. The van der Waals surface area contributed by atoms with Gasteiger partial charge in [0.25, 0.3) is 0 Å². The summed E-state index contributed by atoms with van der Waals surface area (Å²) in [5, 5.41) is 8.41. The predicted octanol–water partition coefficient (Wildman–Crippen LogP) is 3.73. The van der Waals surface area contributed by atoms with Gasteiger partial charge in [0.2, 0.25) is 0 Å². The molecule has 2 aromatic rings. The summed E-state index contributed by atoms with van der Waals surface area (Å²) in [7, 11) is 0. The van der Waals surface area contributed by atoms with Crippen LogP contribution in [0.5, 0.6) is 5.75 Å². The van der Waals surface area contributed by atoms with Crippen LogP contribution in [0.2, 0.25) is 0 Å². The first kappa shape index (κ1) is 15.6. The van der Waals surface area contributed by atoms with Gasteiger partial charge in [-0.1, -0.05) is 30.3 Å². The van der Waals surface area contributed by atoms with E-state index in [4.69, 9.17) is 14.7 Å². The zero-order chi connectivity index (χ0) is 15.6. The molecule has 2 rings (SSSR count). The third kappa shape index (κ3) is 4.95. The average molecular weight is 295 g/mol. The largest absolute Gasteiger partial charge is 0.489 e. The molecule has 0 N–H and O–H groups in total. The van der Waals surface area contributed by atoms with E-state index < -0.39 is 0 Å². The van der Waals surface area contributed by atoms with Crippen molar-refractivity contribution in [2.45, 2.75) is 19.4 Å². The van der Waals surface area contributed by atoms with E-state index >= 15 is 0 Å². The average Bonchev–Trinajstić information content (AvgIpc) is 2.58. The van der Waals surface area contributed by atoms with Crippen molar-refractivity contribution in [3.05, 3.63) is 65.7 Å². The molecule has 0 aliphatic heterocycles. The Morgan fingerprint density at radius 2 is 1.77 bits per heavy atom. The molecule has 22 heavy (non-hydrogen) atoms. The van der Waals surface area contributed by atoms with Crippen LogP contribution in [0.4, 0.5) is 0 Å². The smallest absolute Gasteiger partial charge is 0.338 e. The van der Waals surface area contributed by atoms with Crippen molar-refractivity contribution >= 4 is 5.97 Å². The summed E-state index contributed by atoms with van der Waals surface area (Å²) in [4.78, 5) is 11.8. The van der Waals surface area contributed by atoms with Crippen molar-refractivity contribution < 1.29 is 14.3 Å². The highest BCUT2D eigenvalue weighted by molar-refractivity contribution is 5.89. The van der Waals surface area contributed by atoms with Gasteiger partial charge in [-0.05, 0) is 36.2 Å². The highest BCUT2D eigenvalue weighted by atomic mass is 16.5. The van der Waals surface area contributed by atoms with Crippen LogP contribution in [-0.2, 0) is 11.3 Å². The summed E-state index contributed by atoms with van der Waals surface area (Å²) in [6.07, 6.45) is 0.944. The number of rotatable bonds is 7. The fraction of sp³-hybridized carbons (Fsp3) is 0.222. The van der Waals surface area contributed by atoms with Gasteiger partial charge >= 0.3 is 5.97 Å². The summed E-state index contributed by atoms with van der Waals surface area (Å²) < 4.78 is 10.7. The lowest BCUT2D eigenvalue weighted by molar-refractivity contribution is 0.0501. The number of benzene rings is 2. The predicted molar refractivity (Wildman–Crippen MR) is 82.3 cm³/mol. The van der Waals surface area contributed by atoms with Crippen LogP contribution in [-0.4, -0.2) is 12.6 Å². The van der Waals surface area contributed by atoms with Crippen molar-refractivity contribution in [2.75, 3.05) is 6.61 Å². The fourth-order valence-corrected chi connectivity index (χ4v) is 1.83. The van der Waals surface area contributed by atoms with E-state index in [9.17, 15) is 4.79 Å². The van der Waals surface area contributed by atoms with Gasteiger partial charge < -0.3 is 9.47 Å². The number of hydrogen-bond acceptors (Lipinski definition) is 4. The monoisotopic (exact) mass is 295 g/mol. The van der Waals surface area contributed by atoms with Gasteiger partial charge in [-0.25, -0.2) is 4.79 Å². The van der Waals surface area contributed by atoms with Gasteiger partial charge in [0.05, 0.1) is 18.2 Å². The second-order valence-electron chi connectivity index (χ2n) is 4.70. The summed E-state index contributed by atoms with van der Waals surface area (Å²) in [6, 6.07) is 18.7. The van der Waals surface area contributed by atoms with E-state index in [2.05, 4.69) is 0 Å². The van der Waals surface area contributed by atoms with Gasteiger partial charge in [0.15, 0.2) is 0 Å². The van der Waals surface area contributed by atoms with E-state index in [-0.39, 0.29) is 12.6 Å². The normalized spacial score (nSPS) is 9.77. The van der Waals surface area contributed by atoms with Crippen LogP contribution in [0, 0.1) is 11.3 Å². The van der Waals surface area contributed by atoms with Gasteiger partial charge in [-0.15, -0.1) is 0 Å². The Bertz CT molecular complexity index is 630. The van der Waals surface area contributed by atoms with Crippen molar-refractivity contribution in [3.8, 4) is 11.8 Å². The first-order valence-electron chi connectivity index (χ1n) is 7.10. The van der Waals surface area contributed by atoms with E-state index in [0.29, 0.717) is 30.8 Å². The molecule has 112 valence electrons. The highest BCUT2D eigenvalue weighted by Crippen LogP contribution is 2.15. The van der Waals surface area contributed by atoms with Crippen LogP contribution in [0.1, 0.15) is 28.8 Å². The molecular formula is C18H17NO3. The van der Waals surface area contributed by atoms with Gasteiger partial charge in [0, 0.05) is 6.42 Å². The summed E-state index contributed by atoms with van der Waals surface area (Å²) in [6.45, 7) is 0.747. The number of nitriles is 1. The number of unbranched alkanes of at least 4 members (excludes halogenated alkanes) is 1. The van der Waals surface area contributed by atoms with Gasteiger partial charge in [0.1, 0.15) is 12.4 Å². The van der Waals surface area contributed by atoms with E-state index in [1.807, 2.05) is 36.4 Å². The van der Waals surface area contributed by atoms with Crippen molar-refractivity contribution in [3.63, 3.8) is 0 Å². The molecule has 0 amide bonds. The third-order valence-corrected chi connectivity index (χ3v) is 3.00. The molecule has 0 unspecified atom stereocenters. The number of esters is 1. The fourth-order valence-electron chi connectivity index (χ4n) is 1.83. The van der Waals surface area contributed by atoms with Crippen LogP contribution < -0.4 is 4.74 Å². The topological polar surface area (TPSA) is 59.3 Å². The molecule has 0 fully saturated rings. The third-order valence-electron chi connectivity index (χ3n) is 3.00. The number of carbonyl (C=O) groups is 1. The van der Waals surface area contributed by atoms with Crippen LogP contribution in [0.15, 0.2) is 54.6 Å². The standard InChI is InChI=1S/C18H17NO3/c19-12-4-5-13-21-18(20)16-8-10-17(11-9-16)22-14-15-6-2-1-3-7-15/h1-3,6-11H,4-5,13-14H2. The summed E-state index contributed by atoms with van der Waals surface area (Å²) >= 11 is 0. The van der Waals surface area contributed by atoms with Crippen LogP contribution in [0.3, 0.4) is 0 Å². The van der Waals surface area contributed by atoms with Crippen molar-refractivity contribution in [1.82, 2.24) is 0 Å². The summed E-state index contributed by atoms with van der Waals surface area (Å²) in [5.41, 5.74) is 1.56. The maximum Gasteiger partial charge on any atom is 0.338 e. The quantitative estimate of drug-likeness (QED) is 0.577. The maximum absolute atomic E-state index is 11.8. The van der Waals surface area contributed by atoms with E-state index in [1.165, 1.54) is 0 Å². The molecule has 0 saturated heterocycles. The molecule has 0 bridgehead atoms. The Balaban J connectivity index is 1.82. The van der Waals surface area contributed by atoms with E-state index in [0.717, 1.165) is 5.56 Å². The zero-order valence-corrected chi connectivity index (χ0v) is 12.2. The molecular weight excluding hydrogens is 278 g/mol. The number of ether oxygens (including phenoxy) is 2. The number of nitrogens with zero attached hydrogens (tertiary/aromatic N) is 1. The Morgan fingerprint density at radius 1 is 1.05 bits per heavy atom. The summed E-state index contributed by atoms with van der Waals surface area (Å²) in [5.74, 6) is 0.317. The number of hydrogen-bond donors (Lipinski definition) is 0. The SMILES string of the molecule is N#CCCCOC(=O)c1ccc(OCc2ccccc2)cc1. The second kappa shape index (κ2) is 8.48. The molecule has 0 heterocycles. The minimum absolute atomic E-state index is 0.263. The lowest BCUT2D eigenvalue weighted by atomic mass is 10.2. The molecule has 0 aliphatic rings. The van der Waals surface area contributed by atoms with Crippen LogP contribution >= 0.6 is 0 Å². The highest BCUT2D eigenvalue weighted by Gasteiger charge is 2.07. The molecule has 0 saturated carbocycles. The maximum atomic E-state index is 11.8. The Kier molecular flexibility index (Phi) is 6.01. The Morgan fingerprint density at radius 3 is 2.45 bits per heavy atom. The minimum atomic E-state index is -0.382. The Labute approximate surface area is 129 Å². The first-order valence-corrected chi connectivity index (χ1v) is 7.10. The molecule has 4 nitrogen and oxygen atoms in total. The first-order chi connectivity index (χ1) is 10.8. The van der Waals surface area contributed by atoms with Gasteiger partial charge in [-0.2, -0.15) is 5.26 Å². The van der Waals surface area contributed by atoms with Gasteiger partial charge in [-0.3, -0.25) is 0 Å². The van der Waals surface area contributed by atoms with E-state index in [1.54, 1.807) is 24.3 Å². The van der Waals surface area contributed by atoms with Crippen molar-refractivity contribution in [2.24, 2.45) is 0 Å². The minimum Gasteiger partial charge on any atom is -0.489 e. The molecule has 0 radical (unpaired) electrons. The molecule has 2 aromatic carbocycles. The zero-order valence-electron chi connectivity index (χ0n) is 12.2. The molecule has 0 atom stereocenters. The van der Waals surface area contributed by atoms with Crippen molar-refractivity contribution in [1.29, 1.82) is 5.26 Å². The Hall–Kier alpha value is -2.80. The number of carbonyl (C=O) groups excluding carboxylic acids is 1.